The fourth-order valence-corrected chi connectivity index (χ4v) is 2.35. The Morgan fingerprint density at radius 2 is 1.29 bits per heavy atom. The quantitative estimate of drug-likeness (QED) is 0.607. The third-order valence-electron chi connectivity index (χ3n) is 3.20. The van der Waals surface area contributed by atoms with Gasteiger partial charge in [0.1, 0.15) is 0 Å². The topological polar surface area (TPSA) is 35.5 Å². The Morgan fingerprint density at radius 3 is 1.71 bits per heavy atom. The number of rotatable bonds is 5. The smallest absolute Gasteiger partial charge is 0.260 e. The summed E-state index contributed by atoms with van der Waals surface area (Å²) >= 11 is 11.7. The van der Waals surface area contributed by atoms with E-state index in [1.807, 2.05) is 0 Å². The van der Waals surface area contributed by atoms with Crippen LogP contribution in [0.15, 0.2) is 48.5 Å². The fourth-order valence-electron chi connectivity index (χ4n) is 2.10. The van der Waals surface area contributed by atoms with Crippen LogP contribution in [0.2, 0.25) is 10.0 Å². The minimum absolute atomic E-state index is 0.313. The molecule has 3 nitrogen and oxygen atoms in total. The number of carbonyl (C=O) groups excluding carboxylic acids is 1. The third kappa shape index (κ3) is 3.11. The number of methoxy groups -OCH3 is 2. The van der Waals surface area contributed by atoms with Crippen molar-refractivity contribution in [2.24, 2.45) is 0 Å². The lowest BCUT2D eigenvalue weighted by Gasteiger charge is -2.29. The molecular formula is C16H14Cl2O3. The average Bonchev–Trinajstić information content (AvgIpc) is 2.51. The summed E-state index contributed by atoms with van der Waals surface area (Å²) in [5.74, 6) is -1.83. The molecule has 0 aliphatic rings. The van der Waals surface area contributed by atoms with E-state index in [1.54, 1.807) is 48.5 Å². The van der Waals surface area contributed by atoms with E-state index in [1.165, 1.54) is 14.2 Å². The number of hydrogen-bond donors (Lipinski definition) is 0. The lowest BCUT2D eigenvalue weighted by atomic mass is 9.96. The predicted octanol–water partition coefficient (Wildman–Crippen LogP) is 4.32. The molecule has 110 valence electrons. The number of carbonyl (C=O) groups is 1. The Balaban J connectivity index is 2.48. The van der Waals surface area contributed by atoms with Crippen molar-refractivity contribution < 1.29 is 14.3 Å². The Hall–Kier alpha value is -1.39. The van der Waals surface area contributed by atoms with Gasteiger partial charge in [-0.25, -0.2) is 0 Å². The van der Waals surface area contributed by atoms with Crippen LogP contribution in [0, 0.1) is 0 Å². The van der Waals surface area contributed by atoms with E-state index < -0.39 is 5.79 Å². The summed E-state index contributed by atoms with van der Waals surface area (Å²) in [5, 5.41) is 1.12. The van der Waals surface area contributed by atoms with Crippen molar-refractivity contribution in [3.05, 3.63) is 69.7 Å². The maximum atomic E-state index is 12.8. The molecule has 5 heteroatoms. The molecule has 2 aromatic carbocycles. The van der Waals surface area contributed by atoms with Gasteiger partial charge >= 0.3 is 0 Å². The molecule has 0 aromatic heterocycles. The van der Waals surface area contributed by atoms with Gasteiger partial charge in [0.15, 0.2) is 0 Å². The number of hydrogen-bond acceptors (Lipinski definition) is 3. The van der Waals surface area contributed by atoms with Gasteiger partial charge in [-0.3, -0.25) is 4.79 Å². The minimum atomic E-state index is -1.52. The molecule has 0 aliphatic carbocycles. The molecule has 0 saturated heterocycles. The first kappa shape index (κ1) is 16.0. The van der Waals surface area contributed by atoms with Gasteiger partial charge in [-0.1, -0.05) is 35.3 Å². The average molecular weight is 325 g/mol. The highest BCUT2D eigenvalue weighted by Crippen LogP contribution is 2.31. The maximum absolute atomic E-state index is 12.8. The van der Waals surface area contributed by atoms with E-state index in [2.05, 4.69) is 0 Å². The van der Waals surface area contributed by atoms with Crippen LogP contribution in [-0.2, 0) is 15.3 Å². The van der Waals surface area contributed by atoms with Crippen LogP contribution in [0.4, 0.5) is 0 Å². The van der Waals surface area contributed by atoms with E-state index >= 15 is 0 Å². The predicted molar refractivity (Wildman–Crippen MR) is 82.9 cm³/mol. The molecule has 0 amide bonds. The molecule has 2 aromatic rings. The standard InChI is InChI=1S/C16H14Cl2O3/c1-20-16(21-2,12-5-9-14(18)10-6-12)15(19)11-3-7-13(17)8-4-11/h3-10H,1-2H3. The molecule has 0 N–H and O–H groups in total. The molecule has 0 saturated carbocycles. The van der Waals surface area contributed by atoms with Crippen LogP contribution in [0.5, 0.6) is 0 Å². The Morgan fingerprint density at radius 1 is 0.857 bits per heavy atom. The van der Waals surface area contributed by atoms with Crippen LogP contribution in [0.25, 0.3) is 0 Å². The van der Waals surface area contributed by atoms with E-state index in [4.69, 9.17) is 32.7 Å². The second-order valence-electron chi connectivity index (χ2n) is 4.37. The second kappa shape index (κ2) is 6.58. The van der Waals surface area contributed by atoms with Crippen LogP contribution in [0.3, 0.4) is 0 Å². The Labute approximate surface area is 133 Å². The third-order valence-corrected chi connectivity index (χ3v) is 3.71. The zero-order chi connectivity index (χ0) is 15.5. The number of Topliss-reactive ketones (excluding diaryl/α,β-unsaturated/α-hetero) is 1. The van der Waals surface area contributed by atoms with Crippen molar-refractivity contribution >= 4 is 29.0 Å². The molecule has 0 heterocycles. The first-order chi connectivity index (χ1) is 10.0. The molecule has 21 heavy (non-hydrogen) atoms. The van der Waals surface area contributed by atoms with Crippen molar-refractivity contribution in [3.63, 3.8) is 0 Å². The summed E-state index contributed by atoms with van der Waals surface area (Å²) < 4.78 is 10.8. The molecule has 0 unspecified atom stereocenters. The Kier molecular flexibility index (Phi) is 5.01. The summed E-state index contributed by atoms with van der Waals surface area (Å²) in [6.45, 7) is 0. The molecule has 2 rings (SSSR count). The molecule has 0 fully saturated rings. The van der Waals surface area contributed by atoms with E-state index in [-0.39, 0.29) is 5.78 Å². The fraction of sp³-hybridized carbons (Fsp3) is 0.188. The van der Waals surface area contributed by atoms with Gasteiger partial charge in [0.25, 0.3) is 5.79 Å². The lowest BCUT2D eigenvalue weighted by Crippen LogP contribution is -2.40. The van der Waals surface area contributed by atoms with Crippen molar-refractivity contribution in [1.29, 1.82) is 0 Å². The van der Waals surface area contributed by atoms with Crippen LogP contribution >= 0.6 is 23.2 Å². The molecular weight excluding hydrogens is 311 g/mol. The van der Waals surface area contributed by atoms with Gasteiger partial charge in [-0.05, 0) is 36.4 Å². The van der Waals surface area contributed by atoms with Gasteiger partial charge in [0, 0.05) is 35.4 Å². The monoisotopic (exact) mass is 324 g/mol. The molecule has 0 aliphatic heterocycles. The lowest BCUT2D eigenvalue weighted by molar-refractivity contribution is -0.176. The normalized spacial score (nSPS) is 11.4. The number of benzene rings is 2. The van der Waals surface area contributed by atoms with Gasteiger partial charge in [0.05, 0.1) is 0 Å². The maximum Gasteiger partial charge on any atom is 0.260 e. The first-order valence-corrected chi connectivity index (χ1v) is 6.96. The van der Waals surface area contributed by atoms with Crippen molar-refractivity contribution in [3.8, 4) is 0 Å². The van der Waals surface area contributed by atoms with Crippen LogP contribution in [0.1, 0.15) is 15.9 Å². The minimum Gasteiger partial charge on any atom is -0.343 e. The van der Waals surface area contributed by atoms with Gasteiger partial charge in [0.2, 0.25) is 5.78 Å². The SMILES string of the molecule is COC(OC)(C(=O)c1ccc(Cl)cc1)c1ccc(Cl)cc1. The van der Waals surface area contributed by atoms with Crippen molar-refractivity contribution in [1.82, 2.24) is 0 Å². The van der Waals surface area contributed by atoms with E-state index in [0.717, 1.165) is 0 Å². The van der Waals surface area contributed by atoms with Crippen LogP contribution in [-0.4, -0.2) is 20.0 Å². The van der Waals surface area contributed by atoms with Crippen molar-refractivity contribution in [2.75, 3.05) is 14.2 Å². The van der Waals surface area contributed by atoms with Crippen LogP contribution < -0.4 is 0 Å². The summed E-state index contributed by atoms with van der Waals surface area (Å²) in [6, 6.07) is 13.3. The zero-order valence-corrected chi connectivity index (χ0v) is 13.1. The highest BCUT2D eigenvalue weighted by Gasteiger charge is 2.41. The molecule has 0 radical (unpaired) electrons. The molecule has 0 bridgehead atoms. The number of ether oxygens (including phenoxy) is 2. The summed E-state index contributed by atoms with van der Waals surface area (Å²) in [4.78, 5) is 12.8. The van der Waals surface area contributed by atoms with Gasteiger partial charge in [-0.2, -0.15) is 0 Å². The molecule has 0 atom stereocenters. The first-order valence-electron chi connectivity index (χ1n) is 6.20. The second-order valence-corrected chi connectivity index (χ2v) is 5.24. The zero-order valence-electron chi connectivity index (χ0n) is 11.6. The number of ketones is 1. The van der Waals surface area contributed by atoms with Crippen molar-refractivity contribution in [2.45, 2.75) is 5.79 Å². The van der Waals surface area contributed by atoms with Gasteiger partial charge in [-0.15, -0.1) is 0 Å². The summed E-state index contributed by atoms with van der Waals surface area (Å²) in [5.41, 5.74) is 1.01. The molecule has 0 spiro atoms. The highest BCUT2D eigenvalue weighted by molar-refractivity contribution is 6.31. The summed E-state index contributed by atoms with van der Waals surface area (Å²) in [7, 11) is 2.85. The van der Waals surface area contributed by atoms with Gasteiger partial charge < -0.3 is 9.47 Å². The largest absolute Gasteiger partial charge is 0.343 e. The van der Waals surface area contributed by atoms with E-state index in [9.17, 15) is 4.79 Å². The Bertz CT molecular complexity index is 617. The number of halogens is 2. The highest BCUT2D eigenvalue weighted by atomic mass is 35.5. The van der Waals surface area contributed by atoms with E-state index in [0.29, 0.717) is 21.2 Å². The summed E-state index contributed by atoms with van der Waals surface area (Å²) in [6.07, 6.45) is 0.